The molecule has 0 aliphatic carbocycles. The monoisotopic (exact) mass is 158 g/mol. The van der Waals surface area contributed by atoms with Crippen molar-refractivity contribution in [3.63, 3.8) is 0 Å². The molecule has 1 heterocycles. The first kappa shape index (κ1) is 9.40. The zero-order chi connectivity index (χ0) is 7.82. The molecule has 0 radical (unpaired) electrons. The lowest BCUT2D eigenvalue weighted by Crippen LogP contribution is -1.94. The van der Waals surface area contributed by atoms with E-state index in [-0.39, 0.29) is 0 Å². The summed E-state index contributed by atoms with van der Waals surface area (Å²) in [5, 5.41) is 0. The molecule has 0 spiro atoms. The van der Waals surface area contributed by atoms with Crippen LogP contribution in [0.2, 0.25) is 0 Å². The van der Waals surface area contributed by atoms with Gasteiger partial charge in [0.25, 0.3) is 0 Å². The van der Waals surface area contributed by atoms with Gasteiger partial charge in [0, 0.05) is 25.3 Å². The largest absolute Gasteiger partial charge is 0.326 e. The van der Waals surface area contributed by atoms with E-state index in [1.54, 1.807) is 12.4 Å². The Bertz CT molecular complexity index is 153. The minimum Gasteiger partial charge on any atom is -0.326 e. The summed E-state index contributed by atoms with van der Waals surface area (Å²) in [6.45, 7) is 0.600. The maximum atomic E-state index is 5.32. The highest BCUT2D eigenvalue weighted by Gasteiger charge is 1.80. The molecule has 0 atom stereocenters. The van der Waals surface area contributed by atoms with Gasteiger partial charge in [-0.05, 0) is 17.7 Å². The van der Waals surface area contributed by atoms with Crippen LogP contribution in [0.4, 0.5) is 0 Å². The summed E-state index contributed by atoms with van der Waals surface area (Å²) >= 11 is 4.64. The Kier molecular flexibility index (Phi) is 6.13. The van der Waals surface area contributed by atoms with Crippen LogP contribution in [0, 0.1) is 0 Å². The quantitative estimate of drug-likeness (QED) is 0.628. The van der Waals surface area contributed by atoms with Gasteiger partial charge in [-0.15, -0.1) is 11.6 Å². The molecule has 1 aromatic rings. The van der Waals surface area contributed by atoms with Crippen molar-refractivity contribution >= 4 is 11.6 Å². The highest BCUT2D eigenvalue weighted by Crippen LogP contribution is 1.91. The highest BCUT2D eigenvalue weighted by molar-refractivity contribution is 6.15. The number of rotatable bonds is 1. The zero-order valence-electron chi connectivity index (χ0n) is 5.92. The van der Waals surface area contributed by atoms with Gasteiger partial charge >= 0.3 is 0 Å². The first-order chi connectivity index (χ1) is 4.93. The molecule has 0 bridgehead atoms. The summed E-state index contributed by atoms with van der Waals surface area (Å²) < 4.78 is 0. The van der Waals surface area contributed by atoms with E-state index >= 15 is 0 Å². The molecule has 2 nitrogen and oxygen atoms in total. The lowest BCUT2D eigenvalue weighted by Gasteiger charge is -1.89. The van der Waals surface area contributed by atoms with Crippen molar-refractivity contribution < 1.29 is 0 Å². The molecule has 56 valence electrons. The summed E-state index contributed by atoms with van der Waals surface area (Å²) in [6, 6.07) is 3.81. The minimum atomic E-state index is 0.600. The van der Waals surface area contributed by atoms with Gasteiger partial charge in [0.05, 0.1) is 0 Å². The third kappa shape index (κ3) is 3.43. The molecular weight excluding hydrogens is 148 g/mol. The average Bonchev–Trinajstić information content (AvgIpc) is 2.10. The van der Waals surface area contributed by atoms with Gasteiger partial charge in [-0.2, -0.15) is 0 Å². The van der Waals surface area contributed by atoms with E-state index in [0.29, 0.717) is 6.54 Å². The predicted octanol–water partition coefficient (Wildman–Crippen LogP) is 1.40. The van der Waals surface area contributed by atoms with E-state index in [4.69, 9.17) is 5.73 Å². The number of halogens is 1. The number of alkyl halides is 1. The van der Waals surface area contributed by atoms with Crippen molar-refractivity contribution in [1.82, 2.24) is 4.98 Å². The molecule has 10 heavy (non-hydrogen) atoms. The molecule has 1 aromatic heterocycles. The number of aromatic nitrogens is 1. The Morgan fingerprint density at radius 3 is 2.20 bits per heavy atom. The van der Waals surface area contributed by atoms with Gasteiger partial charge in [0.15, 0.2) is 0 Å². The van der Waals surface area contributed by atoms with Gasteiger partial charge in [0.1, 0.15) is 0 Å². The minimum absolute atomic E-state index is 0.600. The Morgan fingerprint density at radius 2 is 1.90 bits per heavy atom. The summed E-state index contributed by atoms with van der Waals surface area (Å²) in [7, 11) is 0. The third-order valence-corrected chi connectivity index (χ3v) is 0.985. The molecule has 0 aliphatic heterocycles. The molecule has 0 unspecified atom stereocenters. The fourth-order valence-electron chi connectivity index (χ4n) is 0.519. The Balaban J connectivity index is 0.000000371. The molecule has 0 aromatic carbocycles. The maximum Gasteiger partial charge on any atom is 0.0271 e. The first-order valence-corrected chi connectivity index (χ1v) is 3.66. The second-order valence-electron chi connectivity index (χ2n) is 1.56. The van der Waals surface area contributed by atoms with Crippen LogP contribution in [-0.2, 0) is 6.54 Å². The van der Waals surface area contributed by atoms with Crippen molar-refractivity contribution in [1.29, 1.82) is 0 Å². The molecule has 0 amide bonds. The average molecular weight is 159 g/mol. The molecule has 0 saturated carbocycles. The number of nitrogens with two attached hydrogens (primary N) is 1. The van der Waals surface area contributed by atoms with E-state index in [2.05, 4.69) is 16.6 Å². The normalized spacial score (nSPS) is 7.90. The van der Waals surface area contributed by atoms with E-state index in [1.807, 2.05) is 12.1 Å². The summed E-state index contributed by atoms with van der Waals surface area (Å²) in [6.07, 6.45) is 4.95. The predicted molar refractivity (Wildman–Crippen MR) is 43.9 cm³/mol. The number of nitrogens with zero attached hydrogens (tertiary/aromatic N) is 1. The van der Waals surface area contributed by atoms with E-state index in [0.717, 1.165) is 5.56 Å². The standard InChI is InChI=1S/C6H8N2.CH3Cl/c7-5-6-1-3-8-4-2-6;1-2/h1-4H,5,7H2;1H3. The van der Waals surface area contributed by atoms with Gasteiger partial charge in [0.2, 0.25) is 0 Å². The van der Waals surface area contributed by atoms with E-state index in [9.17, 15) is 0 Å². The summed E-state index contributed by atoms with van der Waals surface area (Å²) in [5.41, 5.74) is 6.45. The van der Waals surface area contributed by atoms with Crippen LogP contribution in [0.25, 0.3) is 0 Å². The molecule has 0 saturated heterocycles. The third-order valence-electron chi connectivity index (χ3n) is 0.985. The van der Waals surface area contributed by atoms with Gasteiger partial charge in [-0.1, -0.05) is 0 Å². The second kappa shape index (κ2) is 6.52. The van der Waals surface area contributed by atoms with Crippen molar-refractivity contribution in [2.75, 3.05) is 6.38 Å². The van der Waals surface area contributed by atoms with Gasteiger partial charge < -0.3 is 5.73 Å². The Labute approximate surface area is 66.0 Å². The Hall–Kier alpha value is -0.600. The molecule has 2 N–H and O–H groups in total. The number of pyridine rings is 1. The van der Waals surface area contributed by atoms with Crippen LogP contribution < -0.4 is 5.73 Å². The fraction of sp³-hybridized carbons (Fsp3) is 0.286. The SMILES string of the molecule is CCl.NCc1ccncc1. The zero-order valence-corrected chi connectivity index (χ0v) is 6.67. The fourth-order valence-corrected chi connectivity index (χ4v) is 0.519. The lowest BCUT2D eigenvalue weighted by molar-refractivity contribution is 1.06. The van der Waals surface area contributed by atoms with E-state index < -0.39 is 0 Å². The van der Waals surface area contributed by atoms with Crippen molar-refractivity contribution in [2.45, 2.75) is 6.54 Å². The number of hydrogen-bond acceptors (Lipinski definition) is 2. The molecule has 0 fully saturated rings. The van der Waals surface area contributed by atoms with Crippen molar-refractivity contribution in [3.05, 3.63) is 30.1 Å². The molecular formula is C7H11ClN2. The molecule has 3 heteroatoms. The van der Waals surface area contributed by atoms with Crippen molar-refractivity contribution in [3.8, 4) is 0 Å². The molecule has 0 aliphatic rings. The highest BCUT2D eigenvalue weighted by atomic mass is 35.5. The summed E-state index contributed by atoms with van der Waals surface area (Å²) in [4.78, 5) is 3.84. The van der Waals surface area contributed by atoms with Crippen molar-refractivity contribution in [2.24, 2.45) is 5.73 Å². The van der Waals surface area contributed by atoms with Crippen LogP contribution in [0.5, 0.6) is 0 Å². The smallest absolute Gasteiger partial charge is 0.0271 e. The van der Waals surface area contributed by atoms with Gasteiger partial charge in [-0.3, -0.25) is 4.98 Å². The summed E-state index contributed by atoms with van der Waals surface area (Å²) in [5.74, 6) is 0. The van der Waals surface area contributed by atoms with Crippen LogP contribution in [0.15, 0.2) is 24.5 Å². The first-order valence-electron chi connectivity index (χ1n) is 2.90. The topological polar surface area (TPSA) is 38.9 Å². The Morgan fingerprint density at radius 1 is 1.40 bits per heavy atom. The number of hydrogen-bond donors (Lipinski definition) is 1. The lowest BCUT2D eigenvalue weighted by atomic mass is 10.3. The second-order valence-corrected chi connectivity index (χ2v) is 1.56. The van der Waals surface area contributed by atoms with E-state index in [1.165, 1.54) is 6.38 Å². The van der Waals surface area contributed by atoms with Crippen LogP contribution in [0.3, 0.4) is 0 Å². The van der Waals surface area contributed by atoms with Crippen LogP contribution >= 0.6 is 11.6 Å². The van der Waals surface area contributed by atoms with Crippen LogP contribution in [0.1, 0.15) is 5.56 Å². The molecule has 1 rings (SSSR count). The van der Waals surface area contributed by atoms with Crippen LogP contribution in [-0.4, -0.2) is 11.4 Å². The maximum absolute atomic E-state index is 5.32. The van der Waals surface area contributed by atoms with Gasteiger partial charge in [-0.25, -0.2) is 0 Å².